The van der Waals surface area contributed by atoms with Gasteiger partial charge in [-0.05, 0) is 32.4 Å². The monoisotopic (exact) mass is 452 g/mol. The Morgan fingerprint density at radius 2 is 2.08 bits per heavy atom. The van der Waals surface area contributed by atoms with Gasteiger partial charge in [0.1, 0.15) is 5.82 Å². The predicted molar refractivity (Wildman–Crippen MR) is 110 cm³/mol. The first kappa shape index (κ1) is 22.9. The van der Waals surface area contributed by atoms with E-state index < -0.39 is 0 Å². The Balaban J connectivity index is 0.00000529. The van der Waals surface area contributed by atoms with Gasteiger partial charge in [-0.3, -0.25) is 4.99 Å². The van der Waals surface area contributed by atoms with Gasteiger partial charge in [-0.15, -0.1) is 24.0 Å². The summed E-state index contributed by atoms with van der Waals surface area (Å²) in [6.07, 6.45) is 0.847. The molecule has 7 heteroatoms. The lowest BCUT2D eigenvalue weighted by Gasteiger charge is -2.20. The Labute approximate surface area is 162 Å². The first-order chi connectivity index (χ1) is 11.1. The van der Waals surface area contributed by atoms with Gasteiger partial charge in [0.15, 0.2) is 5.96 Å². The summed E-state index contributed by atoms with van der Waals surface area (Å²) in [6, 6.07) is 7.01. The number of para-hydroxylation sites is 1. The largest absolute Gasteiger partial charge is 0.383 e. The van der Waals surface area contributed by atoms with Gasteiger partial charge in [0, 0.05) is 39.8 Å². The Hall–Kier alpha value is -1.09. The maximum atomic E-state index is 13.7. The van der Waals surface area contributed by atoms with Crippen molar-refractivity contribution in [2.45, 2.75) is 26.3 Å². The van der Waals surface area contributed by atoms with Gasteiger partial charge in [-0.2, -0.15) is 0 Å². The molecular weight excluding hydrogens is 422 g/mol. The molecule has 1 atom stereocenters. The fraction of sp³-hybridized carbons (Fsp3) is 0.588. The number of rotatable bonds is 9. The Morgan fingerprint density at radius 3 is 2.71 bits per heavy atom. The first-order valence-corrected chi connectivity index (χ1v) is 8.08. The lowest BCUT2D eigenvalue weighted by atomic mass is 10.2. The second-order valence-corrected chi connectivity index (χ2v) is 5.49. The van der Waals surface area contributed by atoms with Crippen LogP contribution in [0.4, 0.5) is 10.1 Å². The third-order valence-electron chi connectivity index (χ3n) is 3.33. The van der Waals surface area contributed by atoms with Crippen molar-refractivity contribution in [3.8, 4) is 0 Å². The average Bonchev–Trinajstić information content (AvgIpc) is 2.52. The topological polar surface area (TPSA) is 48.9 Å². The molecule has 0 aromatic heterocycles. The van der Waals surface area contributed by atoms with Crippen molar-refractivity contribution < 1.29 is 9.13 Å². The summed E-state index contributed by atoms with van der Waals surface area (Å²) >= 11 is 0. The number of guanidine groups is 1. The van der Waals surface area contributed by atoms with E-state index in [9.17, 15) is 4.39 Å². The number of aliphatic imine (C=N–C) groups is 1. The molecule has 0 radical (unpaired) electrons. The molecule has 0 saturated carbocycles. The molecule has 0 bridgehead atoms. The van der Waals surface area contributed by atoms with Gasteiger partial charge in [-0.25, -0.2) is 4.39 Å². The minimum atomic E-state index is -0.193. The number of nitrogens with zero attached hydrogens (tertiary/aromatic N) is 2. The van der Waals surface area contributed by atoms with Crippen LogP contribution in [0.1, 0.15) is 20.3 Å². The molecule has 1 aromatic carbocycles. The van der Waals surface area contributed by atoms with E-state index in [-0.39, 0.29) is 35.8 Å². The summed E-state index contributed by atoms with van der Waals surface area (Å²) in [7, 11) is 3.58. The van der Waals surface area contributed by atoms with Crippen LogP contribution >= 0.6 is 24.0 Å². The number of hydrogen-bond donors (Lipinski definition) is 2. The zero-order valence-corrected chi connectivity index (χ0v) is 17.3. The third-order valence-corrected chi connectivity index (χ3v) is 3.33. The van der Waals surface area contributed by atoms with E-state index in [2.05, 4.69) is 15.6 Å². The van der Waals surface area contributed by atoms with Gasteiger partial charge in [0.25, 0.3) is 0 Å². The SMILES string of the molecule is CCNC(=NCCCN(C)c1ccccc1F)NC(C)COC.I. The number of nitrogens with one attached hydrogen (secondary N) is 2. The Morgan fingerprint density at radius 1 is 1.38 bits per heavy atom. The smallest absolute Gasteiger partial charge is 0.191 e. The van der Waals surface area contributed by atoms with Crippen molar-refractivity contribution in [2.24, 2.45) is 4.99 Å². The number of methoxy groups -OCH3 is 1. The third kappa shape index (κ3) is 8.68. The molecule has 5 nitrogen and oxygen atoms in total. The van der Waals surface area contributed by atoms with Crippen molar-refractivity contribution >= 4 is 35.6 Å². The Bertz CT molecular complexity index is 487. The number of halogens is 2. The van der Waals surface area contributed by atoms with Gasteiger partial charge in [0.05, 0.1) is 12.3 Å². The van der Waals surface area contributed by atoms with Crippen LogP contribution in [0.25, 0.3) is 0 Å². The summed E-state index contributed by atoms with van der Waals surface area (Å²) in [5.74, 6) is 0.590. The van der Waals surface area contributed by atoms with Crippen LogP contribution in [-0.4, -0.2) is 52.4 Å². The molecule has 24 heavy (non-hydrogen) atoms. The number of ether oxygens (including phenoxy) is 1. The minimum absolute atomic E-state index is 0. The summed E-state index contributed by atoms with van der Waals surface area (Å²) in [5, 5.41) is 6.50. The molecule has 1 rings (SSSR count). The lowest BCUT2D eigenvalue weighted by Crippen LogP contribution is -2.44. The minimum Gasteiger partial charge on any atom is -0.383 e. The number of hydrogen-bond acceptors (Lipinski definition) is 3. The highest BCUT2D eigenvalue weighted by Gasteiger charge is 2.06. The molecule has 2 N–H and O–H groups in total. The van der Waals surface area contributed by atoms with Gasteiger partial charge >= 0.3 is 0 Å². The molecule has 0 aliphatic rings. The highest BCUT2D eigenvalue weighted by Crippen LogP contribution is 2.16. The van der Waals surface area contributed by atoms with Crippen LogP contribution < -0.4 is 15.5 Å². The van der Waals surface area contributed by atoms with Crippen molar-refractivity contribution in [3.05, 3.63) is 30.1 Å². The highest BCUT2D eigenvalue weighted by molar-refractivity contribution is 14.0. The molecule has 0 amide bonds. The first-order valence-electron chi connectivity index (χ1n) is 8.08. The van der Waals surface area contributed by atoms with Gasteiger partial charge < -0.3 is 20.3 Å². The van der Waals surface area contributed by atoms with E-state index in [1.54, 1.807) is 19.2 Å². The van der Waals surface area contributed by atoms with E-state index in [0.29, 0.717) is 18.8 Å². The molecule has 138 valence electrons. The van der Waals surface area contributed by atoms with Crippen LogP contribution in [0.15, 0.2) is 29.3 Å². The molecule has 0 aliphatic heterocycles. The highest BCUT2D eigenvalue weighted by atomic mass is 127. The normalized spacial score (nSPS) is 12.3. The number of benzene rings is 1. The van der Waals surface area contributed by atoms with E-state index in [1.807, 2.05) is 31.9 Å². The zero-order valence-electron chi connectivity index (χ0n) is 15.0. The van der Waals surface area contributed by atoms with Crippen LogP contribution in [0.3, 0.4) is 0 Å². The second-order valence-electron chi connectivity index (χ2n) is 5.49. The molecule has 0 fully saturated rings. The van der Waals surface area contributed by atoms with E-state index in [0.717, 1.165) is 25.5 Å². The fourth-order valence-corrected chi connectivity index (χ4v) is 2.23. The van der Waals surface area contributed by atoms with Crippen LogP contribution in [0.2, 0.25) is 0 Å². The Kier molecular flexibility index (Phi) is 12.6. The van der Waals surface area contributed by atoms with Crippen LogP contribution in [0.5, 0.6) is 0 Å². The lowest BCUT2D eigenvalue weighted by molar-refractivity contribution is 0.179. The maximum absolute atomic E-state index is 13.7. The van der Waals surface area contributed by atoms with Crippen molar-refractivity contribution in [3.63, 3.8) is 0 Å². The molecule has 0 aliphatic carbocycles. The standard InChI is InChI=1S/C17H29FN4O.HI/c1-5-19-17(21-14(2)13-23-4)20-11-8-12-22(3)16-10-7-6-9-15(16)18;/h6-7,9-10,14H,5,8,11-13H2,1-4H3,(H2,19,20,21);1H. The summed E-state index contributed by atoms with van der Waals surface area (Å²) in [4.78, 5) is 6.46. The van der Waals surface area contributed by atoms with Crippen molar-refractivity contribution in [1.82, 2.24) is 10.6 Å². The maximum Gasteiger partial charge on any atom is 0.191 e. The zero-order chi connectivity index (χ0) is 17.1. The van der Waals surface area contributed by atoms with E-state index >= 15 is 0 Å². The quantitative estimate of drug-likeness (QED) is 0.262. The molecule has 1 unspecified atom stereocenters. The number of anilines is 1. The molecular formula is C17H30FIN4O. The molecule has 0 heterocycles. The predicted octanol–water partition coefficient (Wildman–Crippen LogP) is 2.86. The summed E-state index contributed by atoms with van der Waals surface area (Å²) in [6.45, 7) is 6.93. The molecule has 0 spiro atoms. The second kappa shape index (κ2) is 13.2. The van der Waals surface area contributed by atoms with Crippen molar-refractivity contribution in [2.75, 3.05) is 45.3 Å². The van der Waals surface area contributed by atoms with E-state index in [4.69, 9.17) is 4.74 Å². The van der Waals surface area contributed by atoms with Gasteiger partial charge in [-0.1, -0.05) is 12.1 Å². The van der Waals surface area contributed by atoms with Crippen molar-refractivity contribution in [1.29, 1.82) is 0 Å². The van der Waals surface area contributed by atoms with Crippen LogP contribution in [-0.2, 0) is 4.74 Å². The summed E-state index contributed by atoms with van der Waals surface area (Å²) in [5.41, 5.74) is 0.621. The molecule has 1 aromatic rings. The average molecular weight is 452 g/mol. The fourth-order valence-electron chi connectivity index (χ4n) is 2.23. The van der Waals surface area contributed by atoms with Crippen LogP contribution in [0, 0.1) is 5.82 Å². The molecule has 0 saturated heterocycles. The van der Waals surface area contributed by atoms with Gasteiger partial charge in [0.2, 0.25) is 0 Å². The van der Waals surface area contributed by atoms with E-state index in [1.165, 1.54) is 6.07 Å². The summed E-state index contributed by atoms with van der Waals surface area (Å²) < 4.78 is 18.8.